The SMILES string of the molecule is C/C=C/[C-]=O.[C-]#[O+].[C-]#[O+].[Fe+6].c1cc[cH-]c1. The molecule has 0 unspecified atom stereocenters. The molecule has 1 aromatic carbocycles. The zero-order valence-corrected chi connectivity index (χ0v) is 9.22. The summed E-state index contributed by atoms with van der Waals surface area (Å²) in [4.78, 5) is 9.19. The topological polar surface area (TPSA) is 56.9 Å². The summed E-state index contributed by atoms with van der Waals surface area (Å²) in [6.07, 6.45) is 4.54. The standard InChI is InChI=1S/C5H5.C4H5O.2CO.Fe/c1-2-4-5-3-1;1-2-3-4-5;2*1-2;/h1-5H;2-3H,1H3;;;/q2*-1;;;+6/b;3-2+;;;. The molecule has 0 aliphatic rings. The van der Waals surface area contributed by atoms with Crippen molar-refractivity contribution in [3.05, 3.63) is 55.8 Å². The van der Waals surface area contributed by atoms with E-state index in [0.717, 1.165) is 0 Å². The Morgan fingerprint density at radius 1 is 1.20 bits per heavy atom. The molecule has 0 amide bonds. The molecule has 0 fully saturated rings. The van der Waals surface area contributed by atoms with Gasteiger partial charge in [-0.15, -0.1) is 6.92 Å². The molecule has 0 atom stereocenters. The van der Waals surface area contributed by atoms with Crippen LogP contribution in [0, 0.1) is 13.3 Å². The van der Waals surface area contributed by atoms with Crippen LogP contribution in [0.25, 0.3) is 0 Å². The van der Waals surface area contributed by atoms with Crippen LogP contribution in [-0.2, 0) is 31.2 Å². The van der Waals surface area contributed by atoms with Crippen LogP contribution >= 0.6 is 0 Å². The Labute approximate surface area is 100 Å². The summed E-state index contributed by atoms with van der Waals surface area (Å²) in [5.41, 5.74) is 0. The molecule has 1 aromatic rings. The van der Waals surface area contributed by atoms with Crippen LogP contribution in [0.15, 0.2) is 42.5 Å². The third kappa shape index (κ3) is 44.5. The first-order valence-corrected chi connectivity index (χ1v) is 3.48. The van der Waals surface area contributed by atoms with Crippen LogP contribution in [0.4, 0.5) is 0 Å². The fourth-order valence-corrected chi connectivity index (χ4v) is 0.389. The summed E-state index contributed by atoms with van der Waals surface area (Å²) in [6, 6.07) is 10.0. The molecular formula is C11H10FeO3+4. The Bertz CT molecular complexity index is 212. The molecule has 0 bridgehead atoms. The Kier molecular flexibility index (Phi) is 60.5. The first-order chi connectivity index (χ1) is 6.91. The summed E-state index contributed by atoms with van der Waals surface area (Å²) in [5, 5.41) is 0. The van der Waals surface area contributed by atoms with Crippen molar-refractivity contribution in [2.24, 2.45) is 0 Å². The van der Waals surface area contributed by atoms with E-state index in [1.807, 2.05) is 30.3 Å². The molecule has 0 aromatic heterocycles. The molecule has 0 spiro atoms. The van der Waals surface area contributed by atoms with E-state index >= 15 is 0 Å². The van der Waals surface area contributed by atoms with Gasteiger partial charge in [0.2, 0.25) is 0 Å². The zero-order valence-electron chi connectivity index (χ0n) is 8.12. The molecule has 0 aliphatic heterocycles. The van der Waals surface area contributed by atoms with Crippen molar-refractivity contribution in [3.63, 3.8) is 0 Å². The van der Waals surface area contributed by atoms with E-state index in [2.05, 4.69) is 13.3 Å². The van der Waals surface area contributed by atoms with Gasteiger partial charge in [-0.2, -0.15) is 24.3 Å². The molecule has 1 rings (SSSR count). The van der Waals surface area contributed by atoms with E-state index in [1.165, 1.54) is 6.08 Å². The first-order valence-electron chi connectivity index (χ1n) is 3.48. The second kappa shape index (κ2) is 38.6. The van der Waals surface area contributed by atoms with E-state index < -0.39 is 0 Å². The molecule has 76 valence electrons. The average molecular weight is 246 g/mol. The van der Waals surface area contributed by atoms with Gasteiger partial charge in [0.25, 0.3) is 0 Å². The van der Waals surface area contributed by atoms with E-state index in [0.29, 0.717) is 0 Å². The van der Waals surface area contributed by atoms with Crippen LogP contribution in [-0.4, -0.2) is 6.29 Å². The number of hydrogen-bond acceptors (Lipinski definition) is 1. The summed E-state index contributed by atoms with van der Waals surface area (Å²) in [7, 11) is 0. The Morgan fingerprint density at radius 2 is 1.60 bits per heavy atom. The van der Waals surface area contributed by atoms with E-state index in [-0.39, 0.29) is 17.1 Å². The van der Waals surface area contributed by atoms with Gasteiger partial charge in [0.1, 0.15) is 0 Å². The van der Waals surface area contributed by atoms with Crippen molar-refractivity contribution in [3.8, 4) is 0 Å². The molecule has 3 nitrogen and oxygen atoms in total. The zero-order chi connectivity index (χ0) is 11.7. The predicted octanol–water partition coefficient (Wildman–Crippen LogP) is 2.00. The van der Waals surface area contributed by atoms with Gasteiger partial charge in [-0.05, 0) is 6.29 Å². The fourth-order valence-electron chi connectivity index (χ4n) is 0.389. The molecule has 0 aliphatic carbocycles. The van der Waals surface area contributed by atoms with Gasteiger partial charge < -0.3 is 4.79 Å². The average Bonchev–Trinajstić information content (AvgIpc) is 2.83. The normalized spacial score (nSPS) is 5.93. The van der Waals surface area contributed by atoms with E-state index in [4.69, 9.17) is 9.30 Å². The quantitative estimate of drug-likeness (QED) is 0.323. The van der Waals surface area contributed by atoms with Crippen molar-refractivity contribution >= 4 is 6.29 Å². The molecule has 0 saturated carbocycles. The van der Waals surface area contributed by atoms with E-state index in [9.17, 15) is 4.79 Å². The molecule has 0 heterocycles. The van der Waals surface area contributed by atoms with Crippen LogP contribution in [0.5, 0.6) is 0 Å². The van der Waals surface area contributed by atoms with Gasteiger partial charge >= 0.3 is 39.7 Å². The number of rotatable bonds is 1. The molecule has 0 radical (unpaired) electrons. The van der Waals surface area contributed by atoms with Gasteiger partial charge in [0.05, 0.1) is 0 Å². The fraction of sp³-hybridized carbons (Fsp3) is 0.0909. The van der Waals surface area contributed by atoms with Crippen LogP contribution in [0.3, 0.4) is 0 Å². The monoisotopic (exact) mass is 246 g/mol. The van der Waals surface area contributed by atoms with Crippen LogP contribution < -0.4 is 0 Å². The van der Waals surface area contributed by atoms with Crippen LogP contribution in [0.1, 0.15) is 6.92 Å². The minimum absolute atomic E-state index is 0. The molecule has 4 heteroatoms. The second-order valence-electron chi connectivity index (χ2n) is 1.58. The number of hydrogen-bond donors (Lipinski definition) is 0. The van der Waals surface area contributed by atoms with Gasteiger partial charge in [-0.3, -0.25) is 0 Å². The largest absolute Gasteiger partial charge is 6.00 e. The number of carbonyl (C=O) groups excluding carboxylic acids is 1. The molecule has 15 heavy (non-hydrogen) atoms. The van der Waals surface area contributed by atoms with Crippen LogP contribution in [0.2, 0.25) is 0 Å². The summed E-state index contributed by atoms with van der Waals surface area (Å²) in [6.45, 7) is 10.8. The third-order valence-electron chi connectivity index (χ3n) is 0.790. The molecular weight excluding hydrogens is 236 g/mol. The van der Waals surface area contributed by atoms with Crippen molar-refractivity contribution in [2.45, 2.75) is 6.92 Å². The summed E-state index contributed by atoms with van der Waals surface area (Å²) < 4.78 is 15.0. The smallest absolute Gasteiger partial charge is 0.214 e. The minimum atomic E-state index is 0. The van der Waals surface area contributed by atoms with Crippen molar-refractivity contribution in [1.29, 1.82) is 0 Å². The molecule has 0 N–H and O–H groups in total. The Hall–Kier alpha value is -1.24. The number of allylic oxidation sites excluding steroid dienone is 2. The minimum Gasteiger partial charge on any atom is -0.214 e. The summed E-state index contributed by atoms with van der Waals surface area (Å²) >= 11 is 0. The van der Waals surface area contributed by atoms with E-state index in [1.54, 1.807) is 19.3 Å². The first kappa shape index (κ1) is 23.5. The maximum Gasteiger partial charge on any atom is 6.00 e. The van der Waals surface area contributed by atoms with Gasteiger partial charge in [0, 0.05) is 0 Å². The van der Waals surface area contributed by atoms with Gasteiger partial charge in [0.15, 0.2) is 0 Å². The Morgan fingerprint density at radius 3 is 1.67 bits per heavy atom. The van der Waals surface area contributed by atoms with Crippen molar-refractivity contribution in [2.75, 3.05) is 0 Å². The molecule has 0 saturated heterocycles. The second-order valence-corrected chi connectivity index (χ2v) is 1.58. The van der Waals surface area contributed by atoms with Crippen molar-refractivity contribution in [1.82, 2.24) is 0 Å². The summed E-state index contributed by atoms with van der Waals surface area (Å²) in [5.74, 6) is 0. The maximum absolute atomic E-state index is 9.19. The Balaban J connectivity index is -0.0000000580. The third-order valence-corrected chi connectivity index (χ3v) is 0.790. The van der Waals surface area contributed by atoms with Crippen molar-refractivity contribution < 1.29 is 31.2 Å². The van der Waals surface area contributed by atoms with Gasteiger partial charge in [-0.1, -0.05) is 0 Å². The maximum atomic E-state index is 9.19. The predicted molar refractivity (Wildman–Crippen MR) is 50.4 cm³/mol. The van der Waals surface area contributed by atoms with Gasteiger partial charge in [-0.25, -0.2) is 18.2 Å².